The lowest BCUT2D eigenvalue weighted by atomic mass is 10.2. The van der Waals surface area contributed by atoms with Crippen LogP contribution in [0.25, 0.3) is 0 Å². The number of rotatable bonds is 5. The normalized spacial score (nSPS) is 11.4. The van der Waals surface area contributed by atoms with E-state index in [1.165, 1.54) is 44.8 Å². The minimum Gasteiger partial charge on any atom is -0.481 e. The second-order valence-corrected chi connectivity index (χ2v) is 7.57. The van der Waals surface area contributed by atoms with Crippen molar-refractivity contribution in [3.8, 4) is 5.88 Å². The van der Waals surface area contributed by atoms with Crippen molar-refractivity contribution in [1.82, 2.24) is 19.1 Å². The van der Waals surface area contributed by atoms with E-state index < -0.39 is 15.9 Å². The van der Waals surface area contributed by atoms with E-state index in [0.717, 1.165) is 0 Å². The minimum atomic E-state index is -4.21. The number of ether oxygens (including phenoxy) is 1. The maximum absolute atomic E-state index is 13.0. The van der Waals surface area contributed by atoms with Gasteiger partial charge in [0.15, 0.2) is 0 Å². The first kappa shape index (κ1) is 19.5. The molecule has 1 amide bonds. The molecule has 0 aliphatic carbocycles. The quantitative estimate of drug-likeness (QED) is 0.706. The number of aromatic nitrogens is 3. The van der Waals surface area contributed by atoms with Crippen molar-refractivity contribution < 1.29 is 17.9 Å². The molecule has 0 aromatic carbocycles. The fourth-order valence-electron chi connectivity index (χ4n) is 2.28. The molecule has 0 fully saturated rings. The lowest BCUT2D eigenvalue weighted by molar-refractivity contribution is 0.0865. The summed E-state index contributed by atoms with van der Waals surface area (Å²) in [5, 5.41) is 3.91. The van der Waals surface area contributed by atoms with Gasteiger partial charge in [0.25, 0.3) is 15.9 Å². The van der Waals surface area contributed by atoms with Crippen LogP contribution >= 0.6 is 23.2 Å². The van der Waals surface area contributed by atoms with Crippen molar-refractivity contribution >= 4 is 39.1 Å². The Morgan fingerprint density at radius 1 is 1.36 bits per heavy atom. The molecule has 2 heterocycles. The molecule has 2 rings (SSSR count). The van der Waals surface area contributed by atoms with Crippen LogP contribution in [0, 0.1) is 6.92 Å². The molecular weight excluding hydrogens is 391 g/mol. The van der Waals surface area contributed by atoms with E-state index in [-0.39, 0.29) is 38.9 Å². The molecule has 0 saturated carbocycles. The molecule has 2 aromatic rings. The molecule has 0 unspecified atom stereocenters. The van der Waals surface area contributed by atoms with Gasteiger partial charge in [0.05, 0.1) is 12.8 Å². The van der Waals surface area contributed by atoms with Gasteiger partial charge < -0.3 is 4.74 Å². The van der Waals surface area contributed by atoms with E-state index in [0.29, 0.717) is 4.31 Å². The first-order valence-corrected chi connectivity index (χ1v) is 9.30. The predicted molar refractivity (Wildman–Crippen MR) is 92.7 cm³/mol. The van der Waals surface area contributed by atoms with Gasteiger partial charge in [-0.1, -0.05) is 23.2 Å². The van der Waals surface area contributed by atoms with Gasteiger partial charge in [-0.25, -0.2) is 17.7 Å². The number of hydrogen-bond donors (Lipinski definition) is 0. The van der Waals surface area contributed by atoms with Crippen LogP contribution in [0.15, 0.2) is 17.0 Å². The van der Waals surface area contributed by atoms with E-state index in [2.05, 4.69) is 10.1 Å². The highest BCUT2D eigenvalue weighted by Crippen LogP contribution is 2.29. The smallest absolute Gasteiger partial charge is 0.271 e. The SMILES string of the molecule is CCN(C(=O)c1cc(Cl)nc(OC)c1)S(=O)(=O)c1c(C)nn(C)c1Cl. The van der Waals surface area contributed by atoms with Gasteiger partial charge in [-0.3, -0.25) is 9.48 Å². The van der Waals surface area contributed by atoms with Gasteiger partial charge in [-0.15, -0.1) is 0 Å². The van der Waals surface area contributed by atoms with Crippen LogP contribution in [0.2, 0.25) is 10.3 Å². The van der Waals surface area contributed by atoms with E-state index in [1.807, 2.05) is 0 Å². The average Bonchev–Trinajstić information content (AvgIpc) is 2.79. The Hall–Kier alpha value is -1.84. The third-order valence-electron chi connectivity index (χ3n) is 3.39. The maximum atomic E-state index is 13.0. The molecule has 0 radical (unpaired) electrons. The van der Waals surface area contributed by atoms with Gasteiger partial charge >= 0.3 is 0 Å². The van der Waals surface area contributed by atoms with Crippen molar-refractivity contribution in [2.75, 3.05) is 13.7 Å². The molecule has 0 aliphatic heterocycles. The first-order valence-electron chi connectivity index (χ1n) is 7.11. The molecule has 136 valence electrons. The standard InChI is InChI=1S/C14H16Cl2N4O4S/c1-5-20(14(21)9-6-10(15)17-11(7-9)24-4)25(22,23)12-8(2)18-19(3)13(12)16/h6-7H,5H2,1-4H3. The van der Waals surface area contributed by atoms with Gasteiger partial charge in [0.1, 0.15) is 15.2 Å². The van der Waals surface area contributed by atoms with Gasteiger partial charge in [-0.2, -0.15) is 5.10 Å². The highest BCUT2D eigenvalue weighted by molar-refractivity contribution is 7.89. The Kier molecular flexibility index (Phi) is 5.60. The predicted octanol–water partition coefficient (Wildman–Crippen LogP) is 2.29. The van der Waals surface area contributed by atoms with Crippen LogP contribution in [0.1, 0.15) is 23.0 Å². The summed E-state index contributed by atoms with van der Waals surface area (Å²) in [6.45, 7) is 2.94. The fourth-order valence-corrected chi connectivity index (χ4v) is 4.59. The summed E-state index contributed by atoms with van der Waals surface area (Å²) in [5.74, 6) is -0.677. The van der Waals surface area contributed by atoms with Gasteiger partial charge in [0, 0.05) is 25.2 Å². The molecule has 25 heavy (non-hydrogen) atoms. The summed E-state index contributed by atoms with van der Waals surface area (Å²) in [7, 11) is -1.33. The number of halogens is 2. The summed E-state index contributed by atoms with van der Waals surface area (Å²) in [6.07, 6.45) is 0. The Balaban J connectivity index is 2.55. The highest BCUT2D eigenvalue weighted by atomic mass is 35.5. The topological polar surface area (TPSA) is 94.4 Å². The van der Waals surface area contributed by atoms with E-state index in [9.17, 15) is 13.2 Å². The Morgan fingerprint density at radius 2 is 2.00 bits per heavy atom. The molecule has 0 atom stereocenters. The largest absolute Gasteiger partial charge is 0.481 e. The number of aryl methyl sites for hydroxylation is 2. The second kappa shape index (κ2) is 7.19. The van der Waals surface area contributed by atoms with E-state index >= 15 is 0 Å². The number of methoxy groups -OCH3 is 1. The summed E-state index contributed by atoms with van der Waals surface area (Å²) < 4.78 is 32.8. The van der Waals surface area contributed by atoms with Crippen LogP contribution in [0.3, 0.4) is 0 Å². The Labute approximate surface area is 155 Å². The molecule has 8 nitrogen and oxygen atoms in total. The molecule has 0 bridgehead atoms. The zero-order chi connectivity index (χ0) is 18.9. The van der Waals surface area contributed by atoms with Crippen molar-refractivity contribution in [2.24, 2.45) is 7.05 Å². The molecular formula is C14H16Cl2N4O4S. The number of hydrogen-bond acceptors (Lipinski definition) is 6. The van der Waals surface area contributed by atoms with Crippen molar-refractivity contribution in [2.45, 2.75) is 18.7 Å². The van der Waals surface area contributed by atoms with Gasteiger partial charge in [0.2, 0.25) is 5.88 Å². The zero-order valence-corrected chi connectivity index (χ0v) is 16.3. The summed E-state index contributed by atoms with van der Waals surface area (Å²) in [4.78, 5) is 16.4. The molecule has 0 N–H and O–H groups in total. The Bertz CT molecular complexity index is 927. The van der Waals surface area contributed by atoms with Crippen LogP contribution in [0.5, 0.6) is 5.88 Å². The number of sulfonamides is 1. The average molecular weight is 407 g/mol. The fraction of sp³-hybridized carbons (Fsp3) is 0.357. The third-order valence-corrected chi connectivity index (χ3v) is 6.14. The van der Waals surface area contributed by atoms with Crippen LogP contribution in [-0.2, 0) is 17.1 Å². The summed E-state index contributed by atoms with van der Waals surface area (Å²) >= 11 is 11.9. The number of carbonyl (C=O) groups is 1. The lowest BCUT2D eigenvalue weighted by Gasteiger charge is -2.21. The van der Waals surface area contributed by atoms with Crippen molar-refractivity contribution in [3.05, 3.63) is 33.7 Å². The van der Waals surface area contributed by atoms with Crippen molar-refractivity contribution in [1.29, 1.82) is 0 Å². The molecule has 11 heteroatoms. The summed E-state index contributed by atoms with van der Waals surface area (Å²) in [5.41, 5.74) is 0.226. The van der Waals surface area contributed by atoms with E-state index in [1.54, 1.807) is 0 Å². The molecule has 2 aromatic heterocycles. The Morgan fingerprint density at radius 3 is 2.48 bits per heavy atom. The number of amides is 1. The number of pyridine rings is 1. The van der Waals surface area contributed by atoms with E-state index in [4.69, 9.17) is 27.9 Å². The highest BCUT2D eigenvalue weighted by Gasteiger charge is 2.34. The summed E-state index contributed by atoms with van der Waals surface area (Å²) in [6, 6.07) is 2.58. The molecule has 0 spiro atoms. The van der Waals surface area contributed by atoms with Crippen LogP contribution in [0.4, 0.5) is 0 Å². The number of carbonyl (C=O) groups excluding carboxylic acids is 1. The minimum absolute atomic E-state index is 0.00624. The van der Waals surface area contributed by atoms with Crippen LogP contribution < -0.4 is 4.74 Å². The molecule has 0 aliphatic rings. The molecule has 0 saturated heterocycles. The third kappa shape index (κ3) is 3.58. The first-order chi connectivity index (χ1) is 11.6. The van der Waals surface area contributed by atoms with Crippen molar-refractivity contribution in [3.63, 3.8) is 0 Å². The maximum Gasteiger partial charge on any atom is 0.271 e. The van der Waals surface area contributed by atoms with Crippen LogP contribution in [-0.4, -0.2) is 47.0 Å². The lowest BCUT2D eigenvalue weighted by Crippen LogP contribution is -2.37. The zero-order valence-electron chi connectivity index (χ0n) is 13.9. The number of nitrogens with zero attached hydrogens (tertiary/aromatic N) is 4. The second-order valence-electron chi connectivity index (χ2n) is 5.02. The van der Waals surface area contributed by atoms with Gasteiger partial charge in [-0.05, 0) is 19.9 Å². The monoisotopic (exact) mass is 406 g/mol.